The van der Waals surface area contributed by atoms with Gasteiger partial charge in [-0.3, -0.25) is 4.79 Å². The summed E-state index contributed by atoms with van der Waals surface area (Å²) in [5.74, 6) is -0.679. The highest BCUT2D eigenvalue weighted by Crippen LogP contribution is 2.37. The van der Waals surface area contributed by atoms with E-state index in [-0.39, 0.29) is 30.0 Å². The Balaban J connectivity index is 1.91. The molecule has 1 amide bonds. The van der Waals surface area contributed by atoms with Crippen LogP contribution in [0.1, 0.15) is 56.0 Å². The molecule has 2 aromatic rings. The summed E-state index contributed by atoms with van der Waals surface area (Å²) < 4.78 is 30.0. The molecule has 0 unspecified atom stereocenters. The summed E-state index contributed by atoms with van der Waals surface area (Å²) in [5, 5.41) is 2.95. The van der Waals surface area contributed by atoms with Crippen LogP contribution in [0.3, 0.4) is 0 Å². The molecule has 3 rings (SSSR count). The van der Waals surface area contributed by atoms with Crippen molar-refractivity contribution in [2.45, 2.75) is 51.6 Å². The van der Waals surface area contributed by atoms with Crippen molar-refractivity contribution in [3.8, 4) is 5.75 Å². The highest BCUT2D eigenvalue weighted by molar-refractivity contribution is 6.01. The largest absolute Gasteiger partial charge is 0.490 e. The second kappa shape index (κ2) is 10.6. The SMILES string of the molecule is CCOC(=O)c1cc(NC(=O)C2(c3ccc(F)cc3)CCOCC2)ccc1O[C@H](C)CC. The van der Waals surface area contributed by atoms with Gasteiger partial charge in [-0.25, -0.2) is 9.18 Å². The molecule has 1 saturated heterocycles. The third kappa shape index (κ3) is 5.27. The van der Waals surface area contributed by atoms with Gasteiger partial charge in [-0.15, -0.1) is 0 Å². The molecule has 1 aliphatic heterocycles. The van der Waals surface area contributed by atoms with Crippen LogP contribution >= 0.6 is 0 Å². The summed E-state index contributed by atoms with van der Waals surface area (Å²) in [4.78, 5) is 26.0. The quantitative estimate of drug-likeness (QED) is 0.590. The molecule has 6 nitrogen and oxygen atoms in total. The smallest absolute Gasteiger partial charge is 0.341 e. The van der Waals surface area contributed by atoms with Gasteiger partial charge in [0.05, 0.1) is 18.1 Å². The van der Waals surface area contributed by atoms with Crippen molar-refractivity contribution in [3.05, 3.63) is 59.4 Å². The Kier molecular flexibility index (Phi) is 7.85. The Morgan fingerprint density at radius 1 is 1.12 bits per heavy atom. The lowest BCUT2D eigenvalue weighted by Gasteiger charge is -2.36. The van der Waals surface area contributed by atoms with E-state index < -0.39 is 11.4 Å². The number of anilines is 1. The molecule has 1 atom stereocenters. The lowest BCUT2D eigenvalue weighted by Crippen LogP contribution is -2.44. The fourth-order valence-corrected chi connectivity index (χ4v) is 3.77. The topological polar surface area (TPSA) is 73.9 Å². The maximum absolute atomic E-state index is 13.5. The van der Waals surface area contributed by atoms with Gasteiger partial charge < -0.3 is 19.5 Å². The van der Waals surface area contributed by atoms with Gasteiger partial charge in [0, 0.05) is 18.9 Å². The van der Waals surface area contributed by atoms with Crippen molar-refractivity contribution in [2.75, 3.05) is 25.1 Å². The lowest BCUT2D eigenvalue weighted by molar-refractivity contribution is -0.125. The van der Waals surface area contributed by atoms with Gasteiger partial charge in [0.1, 0.15) is 17.1 Å². The molecule has 1 aliphatic rings. The van der Waals surface area contributed by atoms with E-state index in [4.69, 9.17) is 14.2 Å². The van der Waals surface area contributed by atoms with Crippen molar-refractivity contribution in [1.29, 1.82) is 0 Å². The van der Waals surface area contributed by atoms with E-state index in [2.05, 4.69) is 5.32 Å². The van der Waals surface area contributed by atoms with Crippen LogP contribution in [0.25, 0.3) is 0 Å². The van der Waals surface area contributed by atoms with E-state index in [0.717, 1.165) is 12.0 Å². The summed E-state index contributed by atoms with van der Waals surface area (Å²) in [6.45, 7) is 6.73. The normalized spacial score (nSPS) is 16.1. The van der Waals surface area contributed by atoms with E-state index in [1.165, 1.54) is 12.1 Å². The van der Waals surface area contributed by atoms with Crippen LogP contribution in [0.2, 0.25) is 0 Å². The van der Waals surface area contributed by atoms with Gasteiger partial charge in [-0.2, -0.15) is 0 Å². The standard InChI is InChI=1S/C25H30FNO5/c1-4-17(3)32-22-11-10-20(16-21(22)23(28)31-5-2)27-24(29)25(12-14-30-15-13-25)18-6-8-19(26)9-7-18/h6-11,16-17H,4-5,12-15H2,1-3H3,(H,27,29)/t17-/m1/s1. The molecule has 172 valence electrons. The molecule has 0 saturated carbocycles. The van der Waals surface area contributed by atoms with Gasteiger partial charge >= 0.3 is 5.97 Å². The molecule has 2 aromatic carbocycles. The van der Waals surface area contributed by atoms with E-state index in [0.29, 0.717) is 37.5 Å². The highest BCUT2D eigenvalue weighted by atomic mass is 19.1. The Morgan fingerprint density at radius 2 is 1.81 bits per heavy atom. The summed E-state index contributed by atoms with van der Waals surface area (Å²) in [6.07, 6.45) is 1.66. The predicted octanol–water partition coefficient (Wildman–Crippen LogP) is 4.87. The molecule has 7 heteroatoms. The average molecular weight is 444 g/mol. The molecule has 0 radical (unpaired) electrons. The number of hydrogen-bond donors (Lipinski definition) is 1. The number of carbonyl (C=O) groups excluding carboxylic acids is 2. The maximum Gasteiger partial charge on any atom is 0.341 e. The predicted molar refractivity (Wildman–Crippen MR) is 120 cm³/mol. The maximum atomic E-state index is 13.5. The zero-order chi connectivity index (χ0) is 23.1. The first-order chi connectivity index (χ1) is 15.4. The summed E-state index contributed by atoms with van der Waals surface area (Å²) >= 11 is 0. The highest BCUT2D eigenvalue weighted by Gasteiger charge is 2.41. The minimum absolute atomic E-state index is 0.0763. The van der Waals surface area contributed by atoms with Gasteiger partial charge in [0.25, 0.3) is 0 Å². The Labute approximate surface area is 188 Å². The minimum Gasteiger partial charge on any atom is -0.490 e. The van der Waals surface area contributed by atoms with Crippen molar-refractivity contribution < 1.29 is 28.2 Å². The number of nitrogens with one attached hydrogen (secondary N) is 1. The molecule has 1 heterocycles. The van der Waals surface area contributed by atoms with Gasteiger partial charge in [0.15, 0.2) is 0 Å². The molecule has 0 aromatic heterocycles. The third-order valence-corrected chi connectivity index (χ3v) is 5.81. The van der Waals surface area contributed by atoms with E-state index in [9.17, 15) is 14.0 Å². The second-order valence-electron chi connectivity index (χ2n) is 7.92. The molecule has 0 bridgehead atoms. The second-order valence-corrected chi connectivity index (χ2v) is 7.92. The average Bonchev–Trinajstić information content (AvgIpc) is 2.80. The number of carbonyl (C=O) groups is 2. The van der Waals surface area contributed by atoms with E-state index >= 15 is 0 Å². The molecule has 32 heavy (non-hydrogen) atoms. The Hall–Kier alpha value is -2.93. The first-order valence-electron chi connectivity index (χ1n) is 11.0. The summed E-state index contributed by atoms with van der Waals surface area (Å²) in [5.41, 5.74) is 0.611. The third-order valence-electron chi connectivity index (χ3n) is 5.81. The summed E-state index contributed by atoms with van der Waals surface area (Å²) in [7, 11) is 0. The Morgan fingerprint density at radius 3 is 2.44 bits per heavy atom. The minimum atomic E-state index is -0.845. The fraction of sp³-hybridized carbons (Fsp3) is 0.440. The Bertz CT molecular complexity index is 938. The van der Waals surface area contributed by atoms with Gasteiger partial charge in [-0.05, 0) is 69.0 Å². The van der Waals surface area contributed by atoms with Gasteiger partial charge in [0.2, 0.25) is 5.91 Å². The molecular formula is C25H30FNO5. The summed E-state index contributed by atoms with van der Waals surface area (Å²) in [6, 6.07) is 11.0. The van der Waals surface area contributed by atoms with Crippen LogP contribution in [0.5, 0.6) is 5.75 Å². The first-order valence-corrected chi connectivity index (χ1v) is 11.0. The molecule has 0 aliphatic carbocycles. The van der Waals surface area contributed by atoms with Crippen molar-refractivity contribution in [2.24, 2.45) is 0 Å². The first kappa shape index (κ1) is 23.7. The van der Waals surface area contributed by atoms with Crippen molar-refractivity contribution in [1.82, 2.24) is 0 Å². The zero-order valence-electron chi connectivity index (χ0n) is 18.8. The number of esters is 1. The number of benzene rings is 2. The lowest BCUT2D eigenvalue weighted by atomic mass is 9.73. The fourth-order valence-electron chi connectivity index (χ4n) is 3.77. The molecule has 1 fully saturated rings. The van der Waals surface area contributed by atoms with Crippen LogP contribution < -0.4 is 10.1 Å². The van der Waals surface area contributed by atoms with Crippen LogP contribution in [0.4, 0.5) is 10.1 Å². The van der Waals surface area contributed by atoms with Crippen LogP contribution in [-0.2, 0) is 19.7 Å². The van der Waals surface area contributed by atoms with Gasteiger partial charge in [-0.1, -0.05) is 19.1 Å². The zero-order valence-corrected chi connectivity index (χ0v) is 18.8. The van der Waals surface area contributed by atoms with Crippen LogP contribution in [-0.4, -0.2) is 37.8 Å². The van der Waals surface area contributed by atoms with Crippen LogP contribution in [0, 0.1) is 5.82 Å². The van der Waals surface area contributed by atoms with E-state index in [1.54, 1.807) is 37.3 Å². The molecule has 0 spiro atoms. The van der Waals surface area contributed by atoms with Crippen LogP contribution in [0.15, 0.2) is 42.5 Å². The number of halogens is 1. The monoisotopic (exact) mass is 443 g/mol. The van der Waals surface area contributed by atoms with Crippen molar-refractivity contribution in [3.63, 3.8) is 0 Å². The van der Waals surface area contributed by atoms with E-state index in [1.807, 2.05) is 13.8 Å². The number of rotatable bonds is 8. The molecular weight excluding hydrogens is 413 g/mol. The number of amides is 1. The number of ether oxygens (including phenoxy) is 3. The van der Waals surface area contributed by atoms with Crippen molar-refractivity contribution >= 4 is 17.6 Å². The number of hydrogen-bond acceptors (Lipinski definition) is 5. The molecule has 1 N–H and O–H groups in total.